The molecule has 0 bridgehead atoms. The fourth-order valence-corrected chi connectivity index (χ4v) is 4.74. The second kappa shape index (κ2) is 7.37. The lowest BCUT2D eigenvalue weighted by molar-refractivity contribution is 0.0978. The Morgan fingerprint density at radius 1 is 0.800 bits per heavy atom. The minimum Gasteiger partial charge on any atom is -0.496 e. The van der Waals surface area contributed by atoms with Crippen LogP contribution in [0.4, 0.5) is 0 Å². The number of carbonyl (C=O) groups excluding carboxylic acids is 1. The maximum atomic E-state index is 13.8. The molecule has 3 aromatic rings. The van der Waals surface area contributed by atoms with E-state index < -0.39 is 13.2 Å². The first kappa shape index (κ1) is 17.0. The van der Waals surface area contributed by atoms with Crippen LogP contribution in [0.25, 0.3) is 0 Å². The van der Waals surface area contributed by atoms with Gasteiger partial charge in [-0.3, -0.25) is 14.4 Å². The van der Waals surface area contributed by atoms with E-state index >= 15 is 0 Å². The van der Waals surface area contributed by atoms with Crippen molar-refractivity contribution in [3.63, 3.8) is 0 Å². The predicted octanol–water partition coefficient (Wildman–Crippen LogP) is 3.35. The summed E-state index contributed by atoms with van der Waals surface area (Å²) >= 11 is 0. The molecule has 0 spiro atoms. The summed E-state index contributed by atoms with van der Waals surface area (Å²) < 4.78 is 19.1. The third-order valence-corrected chi connectivity index (χ3v) is 6.42. The number of hydrogen-bond donors (Lipinski definition) is 1. The molecule has 0 radical (unpaired) electrons. The Bertz CT molecular complexity index is 867. The lowest BCUT2D eigenvalue weighted by atomic mass is 10.2. The average molecular weight is 351 g/mol. The Morgan fingerprint density at radius 2 is 1.28 bits per heavy atom. The van der Waals surface area contributed by atoms with Crippen LogP contribution in [0.15, 0.2) is 84.9 Å². The number of hydrogen-bond acceptors (Lipinski definition) is 3. The van der Waals surface area contributed by atoms with Gasteiger partial charge in [-0.05, 0) is 36.4 Å². The van der Waals surface area contributed by atoms with Crippen molar-refractivity contribution in [2.45, 2.75) is 0 Å². The molecule has 0 aliphatic heterocycles. The van der Waals surface area contributed by atoms with Crippen molar-refractivity contribution in [2.24, 2.45) is 0 Å². The van der Waals surface area contributed by atoms with E-state index in [1.165, 1.54) is 7.11 Å². The number of rotatable bonds is 5. The molecule has 3 aromatic carbocycles. The van der Waals surface area contributed by atoms with Crippen molar-refractivity contribution in [1.29, 1.82) is 0 Å². The highest BCUT2D eigenvalue weighted by atomic mass is 31.2. The monoisotopic (exact) mass is 351 g/mol. The van der Waals surface area contributed by atoms with E-state index in [2.05, 4.69) is 5.09 Å². The minimum absolute atomic E-state index is 0.345. The molecule has 4 nitrogen and oxygen atoms in total. The molecule has 0 saturated heterocycles. The van der Waals surface area contributed by atoms with Crippen LogP contribution in [0.5, 0.6) is 5.75 Å². The molecular formula is C20H18NO3P. The highest BCUT2D eigenvalue weighted by Crippen LogP contribution is 2.39. The first-order chi connectivity index (χ1) is 12.1. The normalized spacial score (nSPS) is 10.9. The van der Waals surface area contributed by atoms with Crippen LogP contribution in [0, 0.1) is 0 Å². The number of benzene rings is 3. The van der Waals surface area contributed by atoms with E-state index in [1.807, 2.05) is 12.1 Å². The molecule has 0 atom stereocenters. The van der Waals surface area contributed by atoms with Gasteiger partial charge in [0.2, 0.25) is 7.29 Å². The summed E-state index contributed by atoms with van der Waals surface area (Å²) in [4.78, 5) is 12.8. The van der Waals surface area contributed by atoms with Crippen molar-refractivity contribution < 1.29 is 14.1 Å². The Balaban J connectivity index is 2.05. The molecule has 0 saturated carbocycles. The molecule has 5 heteroatoms. The first-order valence-electron chi connectivity index (χ1n) is 7.82. The quantitative estimate of drug-likeness (QED) is 0.717. The van der Waals surface area contributed by atoms with Crippen molar-refractivity contribution in [3.05, 3.63) is 90.5 Å². The Morgan fingerprint density at radius 3 is 1.80 bits per heavy atom. The van der Waals surface area contributed by atoms with E-state index in [4.69, 9.17) is 4.74 Å². The van der Waals surface area contributed by atoms with Gasteiger partial charge < -0.3 is 4.74 Å². The average Bonchev–Trinajstić information content (AvgIpc) is 2.69. The molecule has 126 valence electrons. The zero-order valence-corrected chi connectivity index (χ0v) is 14.6. The number of methoxy groups -OCH3 is 1. The third-order valence-electron chi connectivity index (χ3n) is 3.85. The number of amides is 1. The fraction of sp³-hybridized carbons (Fsp3) is 0.0500. The molecule has 3 rings (SSSR count). The van der Waals surface area contributed by atoms with Crippen molar-refractivity contribution in [3.8, 4) is 5.75 Å². The van der Waals surface area contributed by atoms with E-state index in [1.54, 1.807) is 72.8 Å². The third kappa shape index (κ3) is 3.49. The Hall–Kier alpha value is -2.84. The molecule has 0 aliphatic carbocycles. The van der Waals surface area contributed by atoms with E-state index in [-0.39, 0.29) is 0 Å². The van der Waals surface area contributed by atoms with Crippen molar-refractivity contribution >= 4 is 23.8 Å². The SMILES string of the molecule is COc1ccccc1C(=O)NP(=O)(c1ccccc1)c1ccccc1. The first-order valence-corrected chi connectivity index (χ1v) is 9.53. The van der Waals surface area contributed by atoms with Gasteiger partial charge >= 0.3 is 0 Å². The molecule has 1 N–H and O–H groups in total. The van der Waals surface area contributed by atoms with E-state index in [0.29, 0.717) is 21.9 Å². The molecular weight excluding hydrogens is 333 g/mol. The lowest BCUT2D eigenvalue weighted by Gasteiger charge is -2.21. The Kier molecular flexibility index (Phi) is 5.01. The maximum absolute atomic E-state index is 13.8. The van der Waals surface area contributed by atoms with Crippen LogP contribution in [0.1, 0.15) is 10.4 Å². The van der Waals surface area contributed by atoms with Crippen molar-refractivity contribution in [1.82, 2.24) is 5.09 Å². The lowest BCUT2D eigenvalue weighted by Crippen LogP contribution is -2.32. The zero-order chi connectivity index (χ0) is 17.7. The summed E-state index contributed by atoms with van der Waals surface area (Å²) in [6, 6.07) is 24.8. The molecule has 0 fully saturated rings. The maximum Gasteiger partial charge on any atom is 0.260 e. The van der Waals surface area contributed by atoms with Crippen LogP contribution < -0.4 is 20.4 Å². The molecule has 0 heterocycles. The van der Waals surface area contributed by atoms with Crippen LogP contribution >= 0.6 is 7.29 Å². The van der Waals surface area contributed by atoms with Gasteiger partial charge in [-0.15, -0.1) is 0 Å². The van der Waals surface area contributed by atoms with Crippen LogP contribution in [0.3, 0.4) is 0 Å². The minimum atomic E-state index is -3.33. The van der Waals surface area contributed by atoms with Gasteiger partial charge in [0, 0.05) is 10.6 Å². The van der Waals surface area contributed by atoms with Gasteiger partial charge in [0.25, 0.3) is 5.91 Å². The van der Waals surface area contributed by atoms with Gasteiger partial charge in [-0.25, -0.2) is 0 Å². The fourth-order valence-electron chi connectivity index (χ4n) is 2.59. The standard InChI is InChI=1S/C20H18NO3P/c1-24-19-15-9-8-14-18(19)20(22)21-25(23,16-10-4-2-5-11-16)17-12-6-3-7-13-17/h2-15H,1H3,(H,21,22,23). The summed E-state index contributed by atoms with van der Waals surface area (Å²) in [5, 5.41) is 3.90. The van der Waals surface area contributed by atoms with Gasteiger partial charge in [0.05, 0.1) is 12.7 Å². The van der Waals surface area contributed by atoms with Gasteiger partial charge in [0.15, 0.2) is 0 Å². The molecule has 1 amide bonds. The highest BCUT2D eigenvalue weighted by Gasteiger charge is 2.30. The highest BCUT2D eigenvalue weighted by molar-refractivity contribution is 7.77. The summed E-state index contributed by atoms with van der Waals surface area (Å²) in [6.07, 6.45) is 0. The number of ether oxygens (including phenoxy) is 1. The van der Waals surface area contributed by atoms with Gasteiger partial charge in [0.1, 0.15) is 5.75 Å². The van der Waals surface area contributed by atoms with Crippen molar-refractivity contribution in [2.75, 3.05) is 7.11 Å². The van der Waals surface area contributed by atoms with Crippen LogP contribution in [0.2, 0.25) is 0 Å². The summed E-state index contributed by atoms with van der Waals surface area (Å²) in [5.41, 5.74) is 0.345. The van der Waals surface area contributed by atoms with Gasteiger partial charge in [-0.1, -0.05) is 48.5 Å². The number of para-hydroxylation sites is 1. The van der Waals surface area contributed by atoms with Crippen LogP contribution in [-0.2, 0) is 4.57 Å². The molecule has 25 heavy (non-hydrogen) atoms. The largest absolute Gasteiger partial charge is 0.496 e. The second-order valence-electron chi connectivity index (χ2n) is 5.42. The second-order valence-corrected chi connectivity index (χ2v) is 7.90. The van der Waals surface area contributed by atoms with Crippen LogP contribution in [-0.4, -0.2) is 13.0 Å². The summed E-state index contributed by atoms with van der Waals surface area (Å²) in [7, 11) is -1.83. The molecule has 0 unspecified atom stereocenters. The zero-order valence-electron chi connectivity index (χ0n) is 13.8. The predicted molar refractivity (Wildman–Crippen MR) is 100 cm³/mol. The number of nitrogens with one attached hydrogen (secondary N) is 1. The smallest absolute Gasteiger partial charge is 0.260 e. The summed E-state index contributed by atoms with van der Waals surface area (Å²) in [5.74, 6) is 0.00108. The molecule has 0 aromatic heterocycles. The molecule has 0 aliphatic rings. The topological polar surface area (TPSA) is 55.4 Å². The van der Waals surface area contributed by atoms with Gasteiger partial charge in [-0.2, -0.15) is 0 Å². The summed E-state index contributed by atoms with van der Waals surface area (Å²) in [6.45, 7) is 0. The van der Waals surface area contributed by atoms with E-state index in [0.717, 1.165) is 0 Å². The number of carbonyl (C=O) groups is 1. The Labute approximate surface area is 146 Å². The van der Waals surface area contributed by atoms with E-state index in [9.17, 15) is 9.36 Å².